The summed E-state index contributed by atoms with van der Waals surface area (Å²) in [6, 6.07) is 8.79. The average Bonchev–Trinajstić information content (AvgIpc) is 3.23. The van der Waals surface area contributed by atoms with Crippen LogP contribution >= 0.6 is 0 Å². The Morgan fingerprint density at radius 2 is 1.73 bits per heavy atom. The number of hydrogen-bond acceptors (Lipinski definition) is 4. The molecule has 0 spiro atoms. The van der Waals surface area contributed by atoms with Gasteiger partial charge in [0.05, 0.1) is 6.04 Å². The molecule has 1 aliphatic rings. The van der Waals surface area contributed by atoms with Crippen LogP contribution in [-0.2, 0) is 14.8 Å². The van der Waals surface area contributed by atoms with Crippen molar-refractivity contribution in [3.63, 3.8) is 0 Å². The number of sulfonamides is 1. The van der Waals surface area contributed by atoms with E-state index in [1.165, 1.54) is 19.1 Å². The van der Waals surface area contributed by atoms with Gasteiger partial charge in [0.25, 0.3) is 5.91 Å². The molecule has 30 heavy (non-hydrogen) atoms. The first kappa shape index (κ1) is 21.9. The lowest BCUT2D eigenvalue weighted by Gasteiger charge is -2.19. The summed E-state index contributed by atoms with van der Waals surface area (Å²) in [7, 11) is -4.22. The molecule has 0 aliphatic carbocycles. The van der Waals surface area contributed by atoms with Gasteiger partial charge in [-0.1, -0.05) is 18.2 Å². The summed E-state index contributed by atoms with van der Waals surface area (Å²) in [5.74, 6) is -1.61. The van der Waals surface area contributed by atoms with E-state index >= 15 is 0 Å². The molecule has 1 aliphatic heterocycles. The van der Waals surface area contributed by atoms with Crippen molar-refractivity contribution < 1.29 is 22.4 Å². The molecular weight excluding hydrogens is 409 g/mol. The fourth-order valence-electron chi connectivity index (χ4n) is 3.35. The first-order chi connectivity index (χ1) is 14.2. The van der Waals surface area contributed by atoms with E-state index in [9.17, 15) is 22.4 Å². The zero-order chi connectivity index (χ0) is 21.9. The van der Waals surface area contributed by atoms with Crippen LogP contribution in [-0.4, -0.2) is 44.3 Å². The Labute approximate surface area is 175 Å². The summed E-state index contributed by atoms with van der Waals surface area (Å²) in [5.41, 5.74) is 1.52. The zero-order valence-electron chi connectivity index (χ0n) is 16.8. The highest BCUT2D eigenvalue weighted by atomic mass is 32.2. The molecule has 1 atom stereocenters. The molecule has 0 radical (unpaired) electrons. The molecule has 0 bridgehead atoms. The van der Waals surface area contributed by atoms with Crippen LogP contribution in [0.4, 0.5) is 10.1 Å². The smallest absolute Gasteiger partial charge is 0.254 e. The molecule has 2 aromatic rings. The summed E-state index contributed by atoms with van der Waals surface area (Å²) in [6.07, 6.45) is 1.95. The van der Waals surface area contributed by atoms with Gasteiger partial charge in [-0.2, -0.15) is 4.72 Å². The molecular formula is C21H24FN3O4S. The average molecular weight is 434 g/mol. The second kappa shape index (κ2) is 8.93. The molecule has 2 aromatic carbocycles. The maximum absolute atomic E-state index is 13.8. The van der Waals surface area contributed by atoms with E-state index < -0.39 is 32.7 Å². The van der Waals surface area contributed by atoms with Gasteiger partial charge in [-0.25, -0.2) is 12.8 Å². The summed E-state index contributed by atoms with van der Waals surface area (Å²) < 4.78 is 40.8. The Balaban J connectivity index is 1.73. The Hall–Kier alpha value is -2.78. The number of nitrogens with one attached hydrogen (secondary N) is 2. The number of anilines is 1. The highest BCUT2D eigenvalue weighted by molar-refractivity contribution is 7.89. The number of carbonyl (C=O) groups is 2. The number of likely N-dealkylation sites (tertiary alicyclic amines) is 1. The normalized spacial score (nSPS) is 15.1. The second-order valence-corrected chi connectivity index (χ2v) is 8.92. The second-order valence-electron chi connectivity index (χ2n) is 7.24. The van der Waals surface area contributed by atoms with Crippen molar-refractivity contribution >= 4 is 27.5 Å². The number of nitrogens with zero attached hydrogens (tertiary/aromatic N) is 1. The molecule has 7 nitrogen and oxygen atoms in total. The highest BCUT2D eigenvalue weighted by Crippen LogP contribution is 2.22. The Kier molecular flexibility index (Phi) is 6.52. The lowest BCUT2D eigenvalue weighted by atomic mass is 10.1. The van der Waals surface area contributed by atoms with Crippen LogP contribution < -0.4 is 10.0 Å². The third kappa shape index (κ3) is 4.68. The van der Waals surface area contributed by atoms with Crippen molar-refractivity contribution in [2.75, 3.05) is 18.4 Å². The van der Waals surface area contributed by atoms with E-state index in [1.807, 2.05) is 0 Å². The molecule has 9 heteroatoms. The lowest BCUT2D eigenvalue weighted by Crippen LogP contribution is -2.41. The molecule has 1 saturated heterocycles. The predicted octanol–water partition coefficient (Wildman–Crippen LogP) is 2.68. The number of amides is 2. The number of halogens is 1. The maximum atomic E-state index is 13.8. The zero-order valence-corrected chi connectivity index (χ0v) is 17.6. The van der Waals surface area contributed by atoms with E-state index in [4.69, 9.17) is 0 Å². The van der Waals surface area contributed by atoms with Crippen LogP contribution in [0.1, 0.15) is 35.7 Å². The quantitative estimate of drug-likeness (QED) is 0.732. The van der Waals surface area contributed by atoms with Crippen LogP contribution in [0.25, 0.3) is 0 Å². The molecule has 0 saturated carbocycles. The van der Waals surface area contributed by atoms with Crippen molar-refractivity contribution in [3.05, 3.63) is 59.4 Å². The highest BCUT2D eigenvalue weighted by Gasteiger charge is 2.26. The van der Waals surface area contributed by atoms with Gasteiger partial charge in [0.15, 0.2) is 0 Å². The monoisotopic (exact) mass is 433 g/mol. The van der Waals surface area contributed by atoms with Crippen LogP contribution in [0.5, 0.6) is 0 Å². The van der Waals surface area contributed by atoms with Crippen molar-refractivity contribution in [1.82, 2.24) is 9.62 Å². The Bertz CT molecular complexity index is 1070. The largest absolute Gasteiger partial charge is 0.339 e. The van der Waals surface area contributed by atoms with Crippen LogP contribution in [0.15, 0.2) is 47.4 Å². The summed E-state index contributed by atoms with van der Waals surface area (Å²) in [6.45, 7) is 4.52. The predicted molar refractivity (Wildman–Crippen MR) is 111 cm³/mol. The van der Waals surface area contributed by atoms with E-state index in [2.05, 4.69) is 10.0 Å². The topological polar surface area (TPSA) is 95.6 Å². The fourth-order valence-corrected chi connectivity index (χ4v) is 4.63. The Morgan fingerprint density at radius 1 is 1.07 bits per heavy atom. The number of carbonyl (C=O) groups excluding carboxylic acids is 2. The van der Waals surface area contributed by atoms with Gasteiger partial charge in [0.1, 0.15) is 10.7 Å². The third-order valence-corrected chi connectivity index (χ3v) is 6.64. The number of hydrogen-bond donors (Lipinski definition) is 2. The van der Waals surface area contributed by atoms with Gasteiger partial charge < -0.3 is 10.2 Å². The summed E-state index contributed by atoms with van der Waals surface area (Å²) >= 11 is 0. The maximum Gasteiger partial charge on any atom is 0.254 e. The first-order valence-corrected chi connectivity index (χ1v) is 11.2. The van der Waals surface area contributed by atoms with E-state index in [1.54, 1.807) is 30.0 Å². The van der Waals surface area contributed by atoms with Crippen molar-refractivity contribution in [3.8, 4) is 0 Å². The van der Waals surface area contributed by atoms with Crippen molar-refractivity contribution in [2.24, 2.45) is 0 Å². The Morgan fingerprint density at radius 3 is 2.40 bits per heavy atom. The molecule has 2 amide bonds. The minimum Gasteiger partial charge on any atom is -0.339 e. The van der Waals surface area contributed by atoms with Crippen LogP contribution in [0.3, 0.4) is 0 Å². The van der Waals surface area contributed by atoms with Gasteiger partial charge in [0, 0.05) is 24.3 Å². The number of rotatable bonds is 6. The van der Waals surface area contributed by atoms with Crippen LogP contribution in [0, 0.1) is 12.7 Å². The van der Waals surface area contributed by atoms with Gasteiger partial charge in [0.2, 0.25) is 15.9 Å². The van der Waals surface area contributed by atoms with Gasteiger partial charge in [-0.3, -0.25) is 9.59 Å². The van der Waals surface area contributed by atoms with E-state index in [-0.39, 0.29) is 5.91 Å². The SMILES string of the molecule is Cc1c(NC(=O)[C@H](C)NS(=O)(=O)c2ccccc2F)cccc1C(=O)N1CCCC1. The molecule has 1 fully saturated rings. The third-order valence-electron chi connectivity index (χ3n) is 5.07. The first-order valence-electron chi connectivity index (χ1n) is 9.67. The van der Waals surface area contributed by atoms with E-state index in [0.29, 0.717) is 29.9 Å². The van der Waals surface area contributed by atoms with Gasteiger partial charge in [-0.15, -0.1) is 0 Å². The standard InChI is InChI=1S/C21H24FN3O4S/c1-14-16(21(27)25-12-5-6-13-25)8-7-10-18(14)23-20(26)15(2)24-30(28,29)19-11-4-3-9-17(19)22/h3-4,7-11,15,24H,5-6,12-13H2,1-2H3,(H,23,26)/t15-/m0/s1. The molecule has 0 aromatic heterocycles. The van der Waals surface area contributed by atoms with E-state index in [0.717, 1.165) is 25.0 Å². The molecule has 160 valence electrons. The molecule has 2 N–H and O–H groups in total. The number of benzene rings is 2. The van der Waals surface area contributed by atoms with Crippen LogP contribution in [0.2, 0.25) is 0 Å². The minimum atomic E-state index is -4.22. The van der Waals surface area contributed by atoms with Crippen molar-refractivity contribution in [1.29, 1.82) is 0 Å². The molecule has 0 unspecified atom stereocenters. The summed E-state index contributed by atoms with van der Waals surface area (Å²) in [5, 5.41) is 2.65. The molecule has 3 rings (SSSR count). The lowest BCUT2D eigenvalue weighted by molar-refractivity contribution is -0.117. The van der Waals surface area contributed by atoms with Gasteiger partial charge in [-0.05, 0) is 56.5 Å². The fraction of sp³-hybridized carbons (Fsp3) is 0.333. The summed E-state index contributed by atoms with van der Waals surface area (Å²) in [4.78, 5) is 26.5. The molecule has 1 heterocycles. The van der Waals surface area contributed by atoms with Gasteiger partial charge >= 0.3 is 0 Å². The van der Waals surface area contributed by atoms with Crippen molar-refractivity contribution in [2.45, 2.75) is 37.6 Å². The minimum absolute atomic E-state index is 0.0885.